The Bertz CT molecular complexity index is 974. The molecule has 1 amide bonds. The highest BCUT2D eigenvalue weighted by Gasteiger charge is 2.17. The Kier molecular flexibility index (Phi) is 6.30. The van der Waals surface area contributed by atoms with Crippen LogP contribution in [0.3, 0.4) is 0 Å². The van der Waals surface area contributed by atoms with E-state index in [1.807, 2.05) is 12.1 Å². The number of esters is 1. The summed E-state index contributed by atoms with van der Waals surface area (Å²) in [6.45, 7) is 6.01. The molecule has 3 rings (SSSR count). The molecule has 7 heteroatoms. The van der Waals surface area contributed by atoms with Crippen molar-refractivity contribution in [2.45, 2.75) is 26.2 Å². The first-order chi connectivity index (χ1) is 14.3. The van der Waals surface area contributed by atoms with E-state index in [0.29, 0.717) is 22.9 Å². The SMILES string of the molecule is COc1ccc(C(C)(C)C)cc1NC(=O)COC(=O)C=Cc1ccc2c(c1)OCO2. The number of ether oxygens (including phenoxy) is 4. The number of fused-ring (bicyclic) bond motifs is 1. The maximum absolute atomic E-state index is 12.2. The molecule has 0 radical (unpaired) electrons. The second-order valence-corrected chi connectivity index (χ2v) is 7.77. The molecule has 0 saturated heterocycles. The summed E-state index contributed by atoms with van der Waals surface area (Å²) < 4.78 is 20.9. The molecule has 2 aromatic rings. The zero-order valence-corrected chi connectivity index (χ0v) is 17.5. The van der Waals surface area contributed by atoms with Crippen molar-refractivity contribution in [3.05, 3.63) is 53.6 Å². The van der Waals surface area contributed by atoms with Gasteiger partial charge in [0.05, 0.1) is 12.8 Å². The summed E-state index contributed by atoms with van der Waals surface area (Å²) in [4.78, 5) is 24.2. The van der Waals surface area contributed by atoms with Crippen LogP contribution in [0.2, 0.25) is 0 Å². The molecule has 0 saturated carbocycles. The number of methoxy groups -OCH3 is 1. The molecule has 0 atom stereocenters. The van der Waals surface area contributed by atoms with Gasteiger partial charge in [-0.25, -0.2) is 4.79 Å². The molecule has 0 spiro atoms. The van der Waals surface area contributed by atoms with Gasteiger partial charge in [-0.1, -0.05) is 32.9 Å². The highest BCUT2D eigenvalue weighted by molar-refractivity contribution is 5.95. The topological polar surface area (TPSA) is 83.1 Å². The summed E-state index contributed by atoms with van der Waals surface area (Å²) in [5.74, 6) is 0.737. The van der Waals surface area contributed by atoms with Crippen molar-refractivity contribution >= 4 is 23.6 Å². The third-order valence-corrected chi connectivity index (χ3v) is 4.49. The van der Waals surface area contributed by atoms with E-state index in [2.05, 4.69) is 26.1 Å². The van der Waals surface area contributed by atoms with Crippen LogP contribution in [0.5, 0.6) is 17.2 Å². The highest BCUT2D eigenvalue weighted by atomic mass is 16.7. The van der Waals surface area contributed by atoms with Crippen molar-refractivity contribution in [1.82, 2.24) is 0 Å². The molecule has 1 aliphatic heterocycles. The standard InChI is InChI=1S/C23H25NO6/c1-23(2,3)16-7-9-18(27-4)17(12-16)24-21(25)13-28-22(26)10-6-15-5-8-19-20(11-15)30-14-29-19/h5-12H,13-14H2,1-4H3,(H,24,25). The lowest BCUT2D eigenvalue weighted by Crippen LogP contribution is -2.21. The fourth-order valence-electron chi connectivity index (χ4n) is 2.82. The molecule has 0 aliphatic carbocycles. The van der Waals surface area contributed by atoms with Gasteiger partial charge in [0.2, 0.25) is 6.79 Å². The molecule has 0 bridgehead atoms. The number of amides is 1. The van der Waals surface area contributed by atoms with Crippen molar-refractivity contribution in [3.63, 3.8) is 0 Å². The summed E-state index contributed by atoms with van der Waals surface area (Å²) in [6.07, 6.45) is 2.84. The predicted octanol–water partition coefficient (Wildman–Crippen LogP) is 3.92. The van der Waals surface area contributed by atoms with E-state index in [1.54, 1.807) is 30.3 Å². The summed E-state index contributed by atoms with van der Waals surface area (Å²) in [6, 6.07) is 10.9. The van der Waals surface area contributed by atoms with E-state index in [0.717, 1.165) is 11.1 Å². The van der Waals surface area contributed by atoms with Gasteiger partial charge in [0.25, 0.3) is 5.91 Å². The van der Waals surface area contributed by atoms with Crippen LogP contribution in [0, 0.1) is 0 Å². The number of nitrogens with one attached hydrogen (secondary N) is 1. The Morgan fingerprint density at radius 1 is 1.10 bits per heavy atom. The molecule has 158 valence electrons. The molecule has 2 aromatic carbocycles. The van der Waals surface area contributed by atoms with Gasteiger partial charge in [0.1, 0.15) is 5.75 Å². The van der Waals surface area contributed by atoms with Gasteiger partial charge in [-0.3, -0.25) is 4.79 Å². The van der Waals surface area contributed by atoms with Gasteiger partial charge in [0, 0.05) is 6.08 Å². The summed E-state index contributed by atoms with van der Waals surface area (Å²) in [5, 5.41) is 2.74. The Hall–Kier alpha value is -3.48. The van der Waals surface area contributed by atoms with Gasteiger partial charge in [-0.2, -0.15) is 0 Å². The monoisotopic (exact) mass is 411 g/mol. The Balaban J connectivity index is 1.56. The fourth-order valence-corrected chi connectivity index (χ4v) is 2.82. The molecule has 0 unspecified atom stereocenters. The van der Waals surface area contributed by atoms with Crippen LogP contribution < -0.4 is 19.5 Å². The summed E-state index contributed by atoms with van der Waals surface area (Å²) in [5.41, 5.74) is 2.24. The Morgan fingerprint density at radius 2 is 1.87 bits per heavy atom. The number of hydrogen-bond donors (Lipinski definition) is 1. The van der Waals surface area contributed by atoms with E-state index in [9.17, 15) is 9.59 Å². The summed E-state index contributed by atoms with van der Waals surface area (Å²) in [7, 11) is 1.53. The van der Waals surface area contributed by atoms with Crippen molar-refractivity contribution in [1.29, 1.82) is 0 Å². The number of hydrogen-bond acceptors (Lipinski definition) is 6. The second kappa shape index (κ2) is 8.90. The number of anilines is 1. The fraction of sp³-hybridized carbons (Fsp3) is 0.304. The number of benzene rings is 2. The Morgan fingerprint density at radius 3 is 2.60 bits per heavy atom. The van der Waals surface area contributed by atoms with Gasteiger partial charge in [-0.15, -0.1) is 0 Å². The predicted molar refractivity (Wildman–Crippen MR) is 113 cm³/mol. The van der Waals surface area contributed by atoms with E-state index < -0.39 is 18.5 Å². The van der Waals surface area contributed by atoms with Crippen LogP contribution in [0.1, 0.15) is 31.9 Å². The molecule has 0 fully saturated rings. The molecule has 1 aliphatic rings. The normalized spacial score (nSPS) is 12.7. The van der Waals surface area contributed by atoms with Crippen LogP contribution in [0.25, 0.3) is 6.08 Å². The zero-order chi connectivity index (χ0) is 21.7. The molecular formula is C23H25NO6. The Labute approximate surface area is 175 Å². The minimum Gasteiger partial charge on any atom is -0.495 e. The second-order valence-electron chi connectivity index (χ2n) is 7.77. The van der Waals surface area contributed by atoms with E-state index >= 15 is 0 Å². The average Bonchev–Trinajstić information content (AvgIpc) is 3.18. The minimum atomic E-state index is -0.627. The van der Waals surface area contributed by atoms with Crippen LogP contribution in [0.15, 0.2) is 42.5 Å². The first-order valence-corrected chi connectivity index (χ1v) is 9.49. The molecule has 7 nitrogen and oxygen atoms in total. The molecule has 1 heterocycles. The van der Waals surface area contributed by atoms with Gasteiger partial charge >= 0.3 is 5.97 Å². The lowest BCUT2D eigenvalue weighted by molar-refractivity contribution is -0.142. The maximum atomic E-state index is 12.2. The van der Waals surface area contributed by atoms with Crippen LogP contribution in [-0.2, 0) is 19.7 Å². The number of carbonyl (C=O) groups is 2. The first kappa shape index (κ1) is 21.2. The number of rotatable bonds is 6. The minimum absolute atomic E-state index is 0.0856. The average molecular weight is 411 g/mol. The van der Waals surface area contributed by atoms with Gasteiger partial charge in [-0.05, 0) is 46.9 Å². The zero-order valence-electron chi connectivity index (χ0n) is 17.5. The quantitative estimate of drug-likeness (QED) is 0.573. The lowest BCUT2D eigenvalue weighted by Gasteiger charge is -2.21. The number of carbonyl (C=O) groups excluding carboxylic acids is 2. The smallest absolute Gasteiger partial charge is 0.331 e. The first-order valence-electron chi connectivity index (χ1n) is 9.49. The largest absolute Gasteiger partial charge is 0.495 e. The van der Waals surface area contributed by atoms with Crippen LogP contribution in [-0.4, -0.2) is 32.4 Å². The summed E-state index contributed by atoms with van der Waals surface area (Å²) >= 11 is 0. The lowest BCUT2D eigenvalue weighted by atomic mass is 9.87. The van der Waals surface area contributed by atoms with E-state index in [4.69, 9.17) is 18.9 Å². The maximum Gasteiger partial charge on any atom is 0.331 e. The molecular weight excluding hydrogens is 386 g/mol. The third-order valence-electron chi connectivity index (χ3n) is 4.49. The molecule has 1 N–H and O–H groups in total. The van der Waals surface area contributed by atoms with Gasteiger partial charge in [0.15, 0.2) is 18.1 Å². The van der Waals surface area contributed by atoms with Crippen LogP contribution >= 0.6 is 0 Å². The van der Waals surface area contributed by atoms with E-state index in [1.165, 1.54) is 13.2 Å². The van der Waals surface area contributed by atoms with Gasteiger partial charge < -0.3 is 24.3 Å². The molecule has 0 aromatic heterocycles. The van der Waals surface area contributed by atoms with Crippen molar-refractivity contribution in [2.24, 2.45) is 0 Å². The van der Waals surface area contributed by atoms with Crippen molar-refractivity contribution in [3.8, 4) is 17.2 Å². The van der Waals surface area contributed by atoms with Crippen LogP contribution in [0.4, 0.5) is 5.69 Å². The van der Waals surface area contributed by atoms with Crippen molar-refractivity contribution < 1.29 is 28.5 Å². The third kappa shape index (κ3) is 5.31. The molecule has 30 heavy (non-hydrogen) atoms. The highest BCUT2D eigenvalue weighted by Crippen LogP contribution is 2.33. The van der Waals surface area contributed by atoms with E-state index in [-0.39, 0.29) is 12.2 Å². The van der Waals surface area contributed by atoms with Crippen molar-refractivity contribution in [2.75, 3.05) is 25.8 Å².